The number of thiophene rings is 1. The van der Waals surface area contributed by atoms with Crippen molar-refractivity contribution >= 4 is 17.6 Å². The van der Waals surface area contributed by atoms with Crippen molar-refractivity contribution in [2.75, 3.05) is 7.11 Å². The highest BCUT2D eigenvalue weighted by Gasteiger charge is 2.08. The van der Waals surface area contributed by atoms with E-state index >= 15 is 0 Å². The van der Waals surface area contributed by atoms with Gasteiger partial charge in [-0.15, -0.1) is 11.3 Å². The van der Waals surface area contributed by atoms with Crippen LogP contribution in [-0.4, -0.2) is 13.4 Å². The number of hydrogen-bond acceptors (Lipinski definition) is 3. The summed E-state index contributed by atoms with van der Waals surface area (Å²) in [6.45, 7) is 2.02. The zero-order valence-corrected chi connectivity index (χ0v) is 10.0. The average Bonchev–Trinajstić information content (AvgIpc) is 2.78. The molecule has 0 aliphatic rings. The molecule has 0 spiro atoms. The Balaban J connectivity index is 2.51. The van der Waals surface area contributed by atoms with Gasteiger partial charge in [-0.2, -0.15) is 0 Å². The Hall–Kier alpha value is -1.61. The van der Waals surface area contributed by atoms with Crippen molar-refractivity contribution in [3.8, 4) is 16.9 Å². The first-order valence-corrected chi connectivity index (χ1v) is 5.82. The molecule has 0 aliphatic carbocycles. The van der Waals surface area contributed by atoms with E-state index in [0.29, 0.717) is 0 Å². The second kappa shape index (κ2) is 4.49. The summed E-state index contributed by atoms with van der Waals surface area (Å²) in [5.74, 6) is 0.872. The van der Waals surface area contributed by atoms with E-state index in [1.165, 1.54) is 11.3 Å². The number of aldehydes is 1. The number of ether oxygens (including phenoxy) is 1. The van der Waals surface area contributed by atoms with Gasteiger partial charge in [0.05, 0.1) is 12.0 Å². The summed E-state index contributed by atoms with van der Waals surface area (Å²) in [6.07, 6.45) is 0.879. The van der Waals surface area contributed by atoms with Crippen LogP contribution in [0.25, 0.3) is 11.1 Å². The topological polar surface area (TPSA) is 26.3 Å². The van der Waals surface area contributed by atoms with Crippen molar-refractivity contribution in [3.63, 3.8) is 0 Å². The van der Waals surface area contributed by atoms with Crippen LogP contribution in [0, 0.1) is 6.92 Å². The molecule has 0 bridgehead atoms. The summed E-state index contributed by atoms with van der Waals surface area (Å²) in [6, 6.07) is 7.83. The molecule has 0 saturated carbocycles. The molecule has 1 aromatic carbocycles. The van der Waals surface area contributed by atoms with Gasteiger partial charge in [0.2, 0.25) is 0 Å². The minimum Gasteiger partial charge on any atom is -0.496 e. The van der Waals surface area contributed by atoms with Gasteiger partial charge in [0.15, 0.2) is 6.29 Å². The van der Waals surface area contributed by atoms with Gasteiger partial charge in [0, 0.05) is 0 Å². The maximum atomic E-state index is 10.6. The van der Waals surface area contributed by atoms with Gasteiger partial charge in [-0.3, -0.25) is 4.79 Å². The van der Waals surface area contributed by atoms with Crippen molar-refractivity contribution in [1.29, 1.82) is 0 Å². The lowest BCUT2D eigenvalue weighted by Crippen LogP contribution is -1.89. The summed E-state index contributed by atoms with van der Waals surface area (Å²) in [5.41, 5.74) is 3.28. The Labute approximate surface area is 98.5 Å². The first-order valence-electron chi connectivity index (χ1n) is 4.94. The van der Waals surface area contributed by atoms with Gasteiger partial charge < -0.3 is 4.74 Å². The summed E-state index contributed by atoms with van der Waals surface area (Å²) >= 11 is 1.46. The predicted molar refractivity (Wildman–Crippen MR) is 66.4 cm³/mol. The highest BCUT2D eigenvalue weighted by Crippen LogP contribution is 2.32. The summed E-state index contributed by atoms with van der Waals surface area (Å²) in [4.78, 5) is 11.4. The lowest BCUT2D eigenvalue weighted by atomic mass is 10.0. The number of carbonyl (C=O) groups excluding carboxylic acids is 1. The van der Waals surface area contributed by atoms with Crippen molar-refractivity contribution in [2.45, 2.75) is 6.92 Å². The van der Waals surface area contributed by atoms with E-state index in [4.69, 9.17) is 4.74 Å². The van der Waals surface area contributed by atoms with Crippen LogP contribution in [0.4, 0.5) is 0 Å². The van der Waals surface area contributed by atoms with Crippen molar-refractivity contribution in [3.05, 3.63) is 40.1 Å². The van der Waals surface area contributed by atoms with Crippen LogP contribution in [0.3, 0.4) is 0 Å². The normalized spacial score (nSPS) is 10.1. The van der Waals surface area contributed by atoms with Gasteiger partial charge in [-0.25, -0.2) is 0 Å². The van der Waals surface area contributed by atoms with Crippen molar-refractivity contribution < 1.29 is 9.53 Å². The van der Waals surface area contributed by atoms with E-state index in [0.717, 1.165) is 33.6 Å². The molecular formula is C13H12O2S. The Morgan fingerprint density at radius 3 is 2.81 bits per heavy atom. The van der Waals surface area contributed by atoms with E-state index in [1.807, 2.05) is 36.6 Å². The minimum atomic E-state index is 0.747. The quantitative estimate of drug-likeness (QED) is 0.756. The summed E-state index contributed by atoms with van der Waals surface area (Å²) in [5, 5.41) is 1.99. The fourth-order valence-corrected chi connectivity index (χ4v) is 2.41. The van der Waals surface area contributed by atoms with E-state index in [2.05, 4.69) is 0 Å². The third kappa shape index (κ3) is 1.86. The number of rotatable bonds is 3. The van der Waals surface area contributed by atoms with Gasteiger partial charge in [0.1, 0.15) is 5.75 Å². The summed E-state index contributed by atoms with van der Waals surface area (Å²) < 4.78 is 5.27. The number of hydrogen-bond donors (Lipinski definition) is 0. The highest BCUT2D eigenvalue weighted by atomic mass is 32.1. The molecule has 2 nitrogen and oxygen atoms in total. The molecule has 0 fully saturated rings. The third-order valence-corrected chi connectivity index (χ3v) is 3.41. The molecule has 1 heterocycles. The Morgan fingerprint density at radius 1 is 1.38 bits per heavy atom. The van der Waals surface area contributed by atoms with Gasteiger partial charge in [0.25, 0.3) is 0 Å². The third-order valence-electron chi connectivity index (χ3n) is 2.55. The highest BCUT2D eigenvalue weighted by molar-refractivity contribution is 7.12. The Morgan fingerprint density at radius 2 is 2.19 bits per heavy atom. The smallest absolute Gasteiger partial charge is 0.160 e. The van der Waals surface area contributed by atoms with E-state index in [1.54, 1.807) is 7.11 Å². The van der Waals surface area contributed by atoms with E-state index in [-0.39, 0.29) is 0 Å². The molecule has 0 unspecified atom stereocenters. The fourth-order valence-electron chi connectivity index (χ4n) is 1.70. The Kier molecular flexibility index (Phi) is 3.06. The first-order chi connectivity index (χ1) is 7.76. The van der Waals surface area contributed by atoms with Gasteiger partial charge >= 0.3 is 0 Å². The maximum absolute atomic E-state index is 10.6. The maximum Gasteiger partial charge on any atom is 0.160 e. The molecule has 0 N–H and O–H groups in total. The van der Waals surface area contributed by atoms with Gasteiger partial charge in [-0.05, 0) is 41.1 Å². The molecule has 0 aliphatic heterocycles. The zero-order chi connectivity index (χ0) is 11.5. The largest absolute Gasteiger partial charge is 0.496 e. The van der Waals surface area contributed by atoms with Crippen LogP contribution in [0.15, 0.2) is 29.6 Å². The average molecular weight is 232 g/mol. The SMILES string of the molecule is COc1cccc(-c2csc(C=O)c2)c1C. The molecule has 1 aromatic heterocycles. The van der Waals surface area contributed by atoms with Crippen LogP contribution in [0.1, 0.15) is 15.2 Å². The first kappa shape index (κ1) is 10.9. The molecule has 16 heavy (non-hydrogen) atoms. The molecule has 2 aromatic rings. The molecule has 2 rings (SSSR count). The zero-order valence-electron chi connectivity index (χ0n) is 9.19. The molecule has 0 atom stereocenters. The van der Waals surface area contributed by atoms with Crippen molar-refractivity contribution in [2.24, 2.45) is 0 Å². The standard InChI is InChI=1S/C13H12O2S/c1-9-12(4-3-5-13(9)15-2)10-6-11(7-14)16-8-10/h3-8H,1-2H3. The molecule has 0 saturated heterocycles. The number of carbonyl (C=O) groups is 1. The van der Waals surface area contributed by atoms with Crippen LogP contribution < -0.4 is 4.74 Å². The lowest BCUT2D eigenvalue weighted by molar-refractivity contribution is 0.112. The molecule has 0 amide bonds. The fraction of sp³-hybridized carbons (Fsp3) is 0.154. The van der Waals surface area contributed by atoms with E-state index in [9.17, 15) is 4.79 Å². The lowest BCUT2D eigenvalue weighted by Gasteiger charge is -2.08. The summed E-state index contributed by atoms with van der Waals surface area (Å²) in [7, 11) is 1.66. The second-order valence-corrected chi connectivity index (χ2v) is 4.43. The van der Waals surface area contributed by atoms with Crippen molar-refractivity contribution in [1.82, 2.24) is 0 Å². The van der Waals surface area contributed by atoms with Gasteiger partial charge in [-0.1, -0.05) is 12.1 Å². The second-order valence-electron chi connectivity index (χ2n) is 3.49. The van der Waals surface area contributed by atoms with Crippen LogP contribution >= 0.6 is 11.3 Å². The number of benzene rings is 1. The Bertz CT molecular complexity index is 514. The molecule has 0 radical (unpaired) electrons. The molecule has 82 valence electrons. The molecular weight excluding hydrogens is 220 g/mol. The minimum absolute atomic E-state index is 0.747. The predicted octanol–water partition coefficient (Wildman–Crippen LogP) is 3.54. The number of methoxy groups -OCH3 is 1. The van der Waals surface area contributed by atoms with E-state index < -0.39 is 0 Å². The monoisotopic (exact) mass is 232 g/mol. The van der Waals surface area contributed by atoms with Crippen LogP contribution in [0.2, 0.25) is 0 Å². The van der Waals surface area contributed by atoms with Crippen LogP contribution in [-0.2, 0) is 0 Å². The molecule has 3 heteroatoms. The van der Waals surface area contributed by atoms with Crippen LogP contribution in [0.5, 0.6) is 5.75 Å².